The third-order valence-corrected chi connectivity index (χ3v) is 6.98. The number of rotatable bonds is 7. The summed E-state index contributed by atoms with van der Waals surface area (Å²) < 4.78 is 4.82. The van der Waals surface area contributed by atoms with E-state index in [9.17, 15) is 14.4 Å². The van der Waals surface area contributed by atoms with Crippen molar-refractivity contribution in [2.75, 3.05) is 31.3 Å². The van der Waals surface area contributed by atoms with Crippen molar-refractivity contribution in [1.82, 2.24) is 9.88 Å². The maximum Gasteiger partial charge on any atom is 0.337 e. The number of benzene rings is 2. The molecule has 0 bridgehead atoms. The number of aryl methyl sites for hydroxylation is 1. The summed E-state index contributed by atoms with van der Waals surface area (Å²) in [4.78, 5) is 45.4. The van der Waals surface area contributed by atoms with Crippen LogP contribution in [0.25, 0.3) is 0 Å². The minimum absolute atomic E-state index is 0.181. The standard InChI is InChI=1S/C25H25ClN4O4S/c1-30-12-11-19-21(14-30)35-24(29-19)23(32)28-20-13-16(25(33)34-2)4-3-15(20)5-10-22(31)27-18-8-6-17(26)7-9-18/h3-4,6-9,13H,5,10-12,14H2,1-2H3,(H,27,31)(H,28,32). The van der Waals surface area contributed by atoms with Gasteiger partial charge in [0.25, 0.3) is 5.91 Å². The van der Waals surface area contributed by atoms with E-state index in [1.54, 1.807) is 42.5 Å². The van der Waals surface area contributed by atoms with E-state index in [0.29, 0.717) is 33.4 Å². The van der Waals surface area contributed by atoms with Crippen molar-refractivity contribution in [2.24, 2.45) is 0 Å². The van der Waals surface area contributed by atoms with Gasteiger partial charge in [0.05, 0.1) is 18.4 Å². The Bertz CT molecular complexity index is 1260. The van der Waals surface area contributed by atoms with Gasteiger partial charge in [0, 0.05) is 47.2 Å². The lowest BCUT2D eigenvalue weighted by Crippen LogP contribution is -2.25. The molecule has 0 saturated heterocycles. The Morgan fingerprint density at radius 2 is 1.91 bits per heavy atom. The third kappa shape index (κ3) is 6.25. The summed E-state index contributed by atoms with van der Waals surface area (Å²) in [5.41, 5.74) is 3.08. The molecule has 0 atom stereocenters. The average Bonchev–Trinajstić information content (AvgIpc) is 3.27. The molecular weight excluding hydrogens is 488 g/mol. The van der Waals surface area contributed by atoms with Gasteiger partial charge < -0.3 is 20.3 Å². The van der Waals surface area contributed by atoms with Gasteiger partial charge in [0.15, 0.2) is 5.01 Å². The number of aromatic nitrogens is 1. The van der Waals surface area contributed by atoms with Crippen LogP contribution >= 0.6 is 22.9 Å². The number of likely N-dealkylation sites (N-methyl/N-ethyl adjacent to an activating group) is 1. The SMILES string of the molecule is COC(=O)c1ccc(CCC(=O)Nc2ccc(Cl)cc2)c(NC(=O)c2nc3c(s2)CN(C)CC3)c1. The van der Waals surface area contributed by atoms with Crippen LogP contribution in [0.3, 0.4) is 0 Å². The summed E-state index contributed by atoms with van der Waals surface area (Å²) in [5, 5.41) is 6.67. The lowest BCUT2D eigenvalue weighted by atomic mass is 10.0. The first-order chi connectivity index (χ1) is 16.8. The predicted octanol–water partition coefficient (Wildman–Crippen LogP) is 4.39. The van der Waals surface area contributed by atoms with Crippen LogP contribution in [-0.4, -0.2) is 48.4 Å². The predicted molar refractivity (Wildman–Crippen MR) is 136 cm³/mol. The highest BCUT2D eigenvalue weighted by molar-refractivity contribution is 7.13. The van der Waals surface area contributed by atoms with Gasteiger partial charge in [0.2, 0.25) is 5.91 Å². The molecular formula is C25H25ClN4O4S. The lowest BCUT2D eigenvalue weighted by molar-refractivity contribution is -0.116. The monoisotopic (exact) mass is 512 g/mol. The summed E-state index contributed by atoms with van der Waals surface area (Å²) in [7, 11) is 3.34. The van der Waals surface area contributed by atoms with Crippen LogP contribution in [0.15, 0.2) is 42.5 Å². The number of hydrogen-bond acceptors (Lipinski definition) is 7. The third-order valence-electron chi connectivity index (χ3n) is 5.64. The van der Waals surface area contributed by atoms with E-state index in [4.69, 9.17) is 16.3 Å². The van der Waals surface area contributed by atoms with E-state index >= 15 is 0 Å². The molecule has 0 unspecified atom stereocenters. The molecule has 2 N–H and O–H groups in total. The fourth-order valence-electron chi connectivity index (χ4n) is 3.76. The van der Waals surface area contributed by atoms with Crippen molar-refractivity contribution in [3.05, 3.63) is 74.2 Å². The van der Waals surface area contributed by atoms with Gasteiger partial charge >= 0.3 is 5.97 Å². The highest BCUT2D eigenvalue weighted by Gasteiger charge is 2.22. The molecule has 2 aromatic carbocycles. The molecule has 35 heavy (non-hydrogen) atoms. The van der Waals surface area contributed by atoms with Crippen LogP contribution in [0.5, 0.6) is 0 Å². The zero-order valence-electron chi connectivity index (χ0n) is 19.4. The van der Waals surface area contributed by atoms with Crippen molar-refractivity contribution < 1.29 is 19.1 Å². The number of halogens is 1. The highest BCUT2D eigenvalue weighted by atomic mass is 35.5. The number of anilines is 2. The molecule has 0 saturated carbocycles. The van der Waals surface area contributed by atoms with Crippen molar-refractivity contribution in [3.8, 4) is 0 Å². The molecule has 8 nitrogen and oxygen atoms in total. The van der Waals surface area contributed by atoms with E-state index in [1.807, 2.05) is 7.05 Å². The van der Waals surface area contributed by atoms with Gasteiger partial charge in [-0.15, -0.1) is 11.3 Å². The largest absolute Gasteiger partial charge is 0.465 e. The second kappa shape index (κ2) is 11.0. The molecule has 10 heteroatoms. The molecule has 0 spiro atoms. The molecule has 1 aliphatic rings. The number of fused-ring (bicyclic) bond motifs is 1. The Labute approximate surface area is 212 Å². The highest BCUT2D eigenvalue weighted by Crippen LogP contribution is 2.27. The first kappa shape index (κ1) is 24.8. The van der Waals surface area contributed by atoms with Gasteiger partial charge in [-0.25, -0.2) is 9.78 Å². The Morgan fingerprint density at radius 1 is 1.14 bits per heavy atom. The minimum atomic E-state index is -0.514. The Hall–Kier alpha value is -3.27. The van der Waals surface area contributed by atoms with E-state index in [1.165, 1.54) is 18.4 Å². The smallest absolute Gasteiger partial charge is 0.337 e. The van der Waals surface area contributed by atoms with E-state index in [2.05, 4.69) is 20.5 Å². The zero-order valence-corrected chi connectivity index (χ0v) is 21.0. The number of ether oxygens (including phenoxy) is 1. The van der Waals surface area contributed by atoms with Crippen molar-refractivity contribution in [3.63, 3.8) is 0 Å². The first-order valence-corrected chi connectivity index (χ1v) is 12.3. The van der Waals surface area contributed by atoms with Gasteiger partial charge in [-0.05, 0) is 55.4 Å². The Balaban J connectivity index is 1.49. The fraction of sp³-hybridized carbons (Fsp3) is 0.280. The first-order valence-electron chi connectivity index (χ1n) is 11.1. The molecule has 4 rings (SSSR count). The van der Waals surface area contributed by atoms with Gasteiger partial charge in [0.1, 0.15) is 0 Å². The maximum atomic E-state index is 13.0. The van der Waals surface area contributed by atoms with E-state index < -0.39 is 5.97 Å². The van der Waals surface area contributed by atoms with Crippen molar-refractivity contribution >= 4 is 52.1 Å². The lowest BCUT2D eigenvalue weighted by Gasteiger charge is -2.20. The van der Waals surface area contributed by atoms with Crippen LogP contribution < -0.4 is 10.6 Å². The quantitative estimate of drug-likeness (QED) is 0.455. The number of thiazole rings is 1. The number of nitrogens with one attached hydrogen (secondary N) is 2. The Morgan fingerprint density at radius 3 is 2.66 bits per heavy atom. The van der Waals surface area contributed by atoms with E-state index in [-0.39, 0.29) is 18.2 Å². The molecule has 182 valence electrons. The molecule has 3 aromatic rings. The minimum Gasteiger partial charge on any atom is -0.465 e. The number of methoxy groups -OCH3 is 1. The summed E-state index contributed by atoms with van der Waals surface area (Å²) in [6.45, 7) is 1.67. The number of amides is 2. The van der Waals surface area contributed by atoms with Crippen molar-refractivity contribution in [1.29, 1.82) is 0 Å². The number of carbonyl (C=O) groups excluding carboxylic acids is 3. The van der Waals surface area contributed by atoms with Gasteiger partial charge in [-0.3, -0.25) is 9.59 Å². The number of esters is 1. The Kier molecular flexibility index (Phi) is 7.80. The van der Waals surface area contributed by atoms with Crippen molar-refractivity contribution in [2.45, 2.75) is 25.8 Å². The molecule has 2 heterocycles. The van der Waals surface area contributed by atoms with Crippen LogP contribution in [0.4, 0.5) is 11.4 Å². The normalized spacial score (nSPS) is 13.1. The van der Waals surface area contributed by atoms with Gasteiger partial charge in [-0.2, -0.15) is 0 Å². The molecule has 0 fully saturated rings. The van der Waals surface area contributed by atoms with Gasteiger partial charge in [-0.1, -0.05) is 17.7 Å². The molecule has 1 aromatic heterocycles. The number of hydrogen-bond donors (Lipinski definition) is 2. The summed E-state index contributed by atoms with van der Waals surface area (Å²) in [5.74, 6) is -1.04. The zero-order chi connectivity index (χ0) is 24.9. The molecule has 0 radical (unpaired) electrons. The fourth-order valence-corrected chi connectivity index (χ4v) is 4.97. The van der Waals surface area contributed by atoms with Crippen LogP contribution in [-0.2, 0) is 28.9 Å². The molecule has 0 aliphatic carbocycles. The topological polar surface area (TPSA) is 101 Å². The van der Waals surface area contributed by atoms with E-state index in [0.717, 1.165) is 35.6 Å². The summed E-state index contributed by atoms with van der Waals surface area (Å²) in [6.07, 6.45) is 1.35. The summed E-state index contributed by atoms with van der Waals surface area (Å²) >= 11 is 7.27. The number of nitrogens with zero attached hydrogens (tertiary/aromatic N) is 2. The maximum absolute atomic E-state index is 13.0. The number of carbonyl (C=O) groups is 3. The average molecular weight is 513 g/mol. The second-order valence-electron chi connectivity index (χ2n) is 8.25. The van der Waals surface area contributed by atoms with Crippen LogP contribution in [0.2, 0.25) is 5.02 Å². The second-order valence-corrected chi connectivity index (χ2v) is 9.77. The summed E-state index contributed by atoms with van der Waals surface area (Å²) in [6, 6.07) is 11.8. The van der Waals surface area contributed by atoms with Crippen LogP contribution in [0.1, 0.15) is 42.7 Å². The molecule has 2 amide bonds. The molecule has 1 aliphatic heterocycles. The van der Waals surface area contributed by atoms with Crippen LogP contribution in [0, 0.1) is 0 Å².